The van der Waals surface area contributed by atoms with Crippen LogP contribution in [0.3, 0.4) is 0 Å². The molecule has 0 aromatic rings. The Morgan fingerprint density at radius 3 is 2.92 bits per heavy atom. The van der Waals surface area contributed by atoms with Crippen molar-refractivity contribution in [3.63, 3.8) is 0 Å². The van der Waals surface area contributed by atoms with Crippen LogP contribution in [0.2, 0.25) is 0 Å². The molecule has 0 rings (SSSR count). The third-order valence-corrected chi connectivity index (χ3v) is 1.60. The van der Waals surface area contributed by atoms with E-state index in [1.54, 1.807) is 6.92 Å². The van der Waals surface area contributed by atoms with Crippen molar-refractivity contribution in [2.24, 2.45) is 5.11 Å². The molecule has 2 N–H and O–H groups in total. The Hall–Kier alpha value is -1.26. The molecule has 6 nitrogen and oxygen atoms in total. The van der Waals surface area contributed by atoms with Crippen molar-refractivity contribution >= 4 is 5.97 Å². The van der Waals surface area contributed by atoms with Crippen LogP contribution in [0, 0.1) is 0 Å². The normalized spacial score (nSPS) is 11.8. The van der Waals surface area contributed by atoms with Gasteiger partial charge in [-0.15, -0.1) is 0 Å². The highest BCUT2D eigenvalue weighted by Crippen LogP contribution is 1.91. The van der Waals surface area contributed by atoms with Crippen LogP contribution in [0.1, 0.15) is 19.8 Å². The summed E-state index contributed by atoms with van der Waals surface area (Å²) >= 11 is 0. The van der Waals surface area contributed by atoms with Crippen molar-refractivity contribution in [1.29, 1.82) is 0 Å². The van der Waals surface area contributed by atoms with Gasteiger partial charge >= 0.3 is 5.97 Å². The van der Waals surface area contributed by atoms with Crippen molar-refractivity contribution < 1.29 is 9.90 Å². The first-order valence-corrected chi connectivity index (χ1v) is 4.19. The molecule has 0 aliphatic rings. The minimum atomic E-state index is -0.841. The molecule has 0 saturated heterocycles. The van der Waals surface area contributed by atoms with E-state index in [-0.39, 0.29) is 0 Å². The van der Waals surface area contributed by atoms with Crippen LogP contribution in [0.4, 0.5) is 0 Å². The molecule has 0 heterocycles. The summed E-state index contributed by atoms with van der Waals surface area (Å²) in [4.78, 5) is 13.1. The maximum absolute atomic E-state index is 10.5. The number of rotatable bonds is 7. The van der Waals surface area contributed by atoms with Gasteiger partial charge in [-0.1, -0.05) is 12.0 Å². The van der Waals surface area contributed by atoms with Gasteiger partial charge in [0.2, 0.25) is 0 Å². The average Bonchev–Trinajstić information content (AvgIpc) is 2.10. The van der Waals surface area contributed by atoms with E-state index in [1.807, 2.05) is 0 Å². The molecule has 0 saturated carbocycles. The summed E-state index contributed by atoms with van der Waals surface area (Å²) < 4.78 is 0. The number of hydrogen-bond donors (Lipinski definition) is 2. The van der Waals surface area contributed by atoms with Crippen LogP contribution >= 0.6 is 0 Å². The van der Waals surface area contributed by atoms with Gasteiger partial charge in [-0.2, -0.15) is 0 Å². The molecule has 0 aliphatic carbocycles. The zero-order valence-corrected chi connectivity index (χ0v) is 7.60. The number of aliphatic carboxylic acids is 1. The topological polar surface area (TPSA) is 98.1 Å². The van der Waals surface area contributed by atoms with E-state index in [2.05, 4.69) is 15.3 Å². The third kappa shape index (κ3) is 5.95. The second-order valence-corrected chi connectivity index (χ2v) is 2.56. The molecule has 1 unspecified atom stereocenters. The molecule has 0 amide bonds. The quantitative estimate of drug-likeness (QED) is 0.270. The predicted octanol–water partition coefficient (Wildman–Crippen LogP) is 1.14. The van der Waals surface area contributed by atoms with Crippen LogP contribution in [0.25, 0.3) is 10.4 Å². The van der Waals surface area contributed by atoms with Gasteiger partial charge < -0.3 is 10.4 Å². The van der Waals surface area contributed by atoms with Gasteiger partial charge in [-0.25, -0.2) is 0 Å². The Morgan fingerprint density at radius 1 is 1.77 bits per heavy atom. The smallest absolute Gasteiger partial charge is 0.320 e. The molecule has 0 aromatic carbocycles. The average molecular weight is 186 g/mol. The Morgan fingerprint density at radius 2 is 2.46 bits per heavy atom. The standard InChI is InChI=1S/C7H14N4O2/c1-2-6(7(12)13)9-4-3-5-10-11-8/h6,9H,2-5H2,1H3,(H,12,13). The van der Waals surface area contributed by atoms with E-state index in [1.165, 1.54) is 0 Å². The summed E-state index contributed by atoms with van der Waals surface area (Å²) in [5.74, 6) is -0.841. The Balaban J connectivity index is 3.49. The summed E-state index contributed by atoms with van der Waals surface area (Å²) in [5, 5.41) is 14.8. The second kappa shape index (κ2) is 7.39. The first-order valence-electron chi connectivity index (χ1n) is 4.19. The number of nitrogens with zero attached hydrogens (tertiary/aromatic N) is 3. The monoisotopic (exact) mass is 186 g/mol. The summed E-state index contributed by atoms with van der Waals surface area (Å²) in [6.07, 6.45) is 1.21. The SMILES string of the molecule is CCC(NCCCN=[N+]=[N-])C(=O)O. The van der Waals surface area contributed by atoms with Crippen molar-refractivity contribution in [2.75, 3.05) is 13.1 Å². The van der Waals surface area contributed by atoms with E-state index < -0.39 is 12.0 Å². The number of carbonyl (C=O) groups is 1. The molecule has 6 heteroatoms. The van der Waals surface area contributed by atoms with E-state index in [4.69, 9.17) is 10.6 Å². The molecule has 0 aromatic heterocycles. The summed E-state index contributed by atoms with van der Waals surface area (Å²) in [7, 11) is 0. The first-order chi connectivity index (χ1) is 6.22. The van der Waals surface area contributed by atoms with Crippen molar-refractivity contribution in [3.8, 4) is 0 Å². The molecular weight excluding hydrogens is 172 g/mol. The van der Waals surface area contributed by atoms with Gasteiger partial charge in [0.15, 0.2) is 0 Å². The highest BCUT2D eigenvalue weighted by Gasteiger charge is 2.12. The molecule has 13 heavy (non-hydrogen) atoms. The zero-order valence-electron chi connectivity index (χ0n) is 7.60. The molecule has 0 radical (unpaired) electrons. The lowest BCUT2D eigenvalue weighted by Crippen LogP contribution is -2.36. The number of azide groups is 1. The zero-order chi connectivity index (χ0) is 10.1. The highest BCUT2D eigenvalue weighted by atomic mass is 16.4. The van der Waals surface area contributed by atoms with Crippen molar-refractivity contribution in [1.82, 2.24) is 5.32 Å². The number of carboxylic acid groups (broad SMARTS) is 1. The maximum Gasteiger partial charge on any atom is 0.320 e. The lowest BCUT2D eigenvalue weighted by Gasteiger charge is -2.10. The fourth-order valence-corrected chi connectivity index (χ4v) is 0.877. The number of carboxylic acids is 1. The van der Waals surface area contributed by atoms with E-state index in [0.29, 0.717) is 25.9 Å². The predicted molar refractivity (Wildman–Crippen MR) is 48.3 cm³/mol. The van der Waals surface area contributed by atoms with E-state index >= 15 is 0 Å². The van der Waals surface area contributed by atoms with E-state index in [0.717, 1.165) is 0 Å². The first kappa shape index (κ1) is 11.7. The van der Waals surface area contributed by atoms with Gasteiger partial charge in [-0.3, -0.25) is 4.79 Å². The Bertz CT molecular complexity index is 201. The third-order valence-electron chi connectivity index (χ3n) is 1.60. The molecule has 74 valence electrons. The van der Waals surface area contributed by atoms with Gasteiger partial charge in [0.1, 0.15) is 6.04 Å². The minimum absolute atomic E-state index is 0.402. The fraction of sp³-hybridized carbons (Fsp3) is 0.857. The van der Waals surface area contributed by atoms with Gasteiger partial charge in [0.25, 0.3) is 0 Å². The molecule has 0 aliphatic heterocycles. The molecule has 0 fully saturated rings. The second-order valence-electron chi connectivity index (χ2n) is 2.56. The fourth-order valence-electron chi connectivity index (χ4n) is 0.877. The Labute approximate surface area is 76.6 Å². The number of hydrogen-bond acceptors (Lipinski definition) is 3. The lowest BCUT2D eigenvalue weighted by molar-refractivity contribution is -0.139. The van der Waals surface area contributed by atoms with Crippen LogP contribution < -0.4 is 5.32 Å². The van der Waals surface area contributed by atoms with Crippen molar-refractivity contribution in [3.05, 3.63) is 10.4 Å². The summed E-state index contributed by atoms with van der Waals surface area (Å²) in [6, 6.07) is -0.494. The summed E-state index contributed by atoms with van der Waals surface area (Å²) in [6.45, 7) is 2.77. The maximum atomic E-state index is 10.5. The molecular formula is C7H14N4O2. The highest BCUT2D eigenvalue weighted by molar-refractivity contribution is 5.73. The van der Waals surface area contributed by atoms with Crippen LogP contribution in [0.15, 0.2) is 5.11 Å². The van der Waals surface area contributed by atoms with Crippen LogP contribution in [0.5, 0.6) is 0 Å². The van der Waals surface area contributed by atoms with Crippen molar-refractivity contribution in [2.45, 2.75) is 25.8 Å². The largest absolute Gasteiger partial charge is 0.480 e. The van der Waals surface area contributed by atoms with Crippen LogP contribution in [-0.4, -0.2) is 30.2 Å². The molecule has 0 spiro atoms. The van der Waals surface area contributed by atoms with Gasteiger partial charge in [-0.05, 0) is 24.9 Å². The molecule has 0 bridgehead atoms. The van der Waals surface area contributed by atoms with Gasteiger partial charge in [0, 0.05) is 11.5 Å². The lowest BCUT2D eigenvalue weighted by atomic mass is 10.2. The van der Waals surface area contributed by atoms with E-state index in [9.17, 15) is 4.79 Å². The Kier molecular flexibility index (Phi) is 6.68. The van der Waals surface area contributed by atoms with Crippen LogP contribution in [-0.2, 0) is 4.79 Å². The number of nitrogens with one attached hydrogen (secondary N) is 1. The minimum Gasteiger partial charge on any atom is -0.480 e. The van der Waals surface area contributed by atoms with Gasteiger partial charge in [0.05, 0.1) is 0 Å². The molecule has 1 atom stereocenters. The summed E-state index contributed by atoms with van der Waals surface area (Å²) in [5.41, 5.74) is 7.95.